The Morgan fingerprint density at radius 3 is 2.50 bits per heavy atom. The van der Waals surface area contributed by atoms with Crippen molar-refractivity contribution in [1.29, 1.82) is 0 Å². The van der Waals surface area contributed by atoms with E-state index >= 15 is 0 Å². The molecule has 0 radical (unpaired) electrons. The standard InChI is InChI=1S/C16H14FIN2O4/c1-23-16(22)20-14-8-11(4-7-13(14)17)19-15(21)9-24-12-5-2-10(18)3-6-12/h2-8H,9H2,1H3,(H,19,21)(H,20,22). The zero-order valence-corrected chi connectivity index (χ0v) is 14.8. The molecule has 0 fully saturated rings. The lowest BCUT2D eigenvalue weighted by molar-refractivity contribution is -0.118. The maximum absolute atomic E-state index is 13.6. The number of ether oxygens (including phenoxy) is 2. The van der Waals surface area contributed by atoms with E-state index in [0.717, 1.165) is 9.64 Å². The Labute approximate surface area is 151 Å². The van der Waals surface area contributed by atoms with E-state index < -0.39 is 17.8 Å². The van der Waals surface area contributed by atoms with E-state index in [9.17, 15) is 14.0 Å². The molecule has 0 heterocycles. The monoisotopic (exact) mass is 444 g/mol. The molecule has 0 aliphatic carbocycles. The summed E-state index contributed by atoms with van der Waals surface area (Å²) in [6.45, 7) is -0.197. The van der Waals surface area contributed by atoms with E-state index in [4.69, 9.17) is 4.74 Å². The van der Waals surface area contributed by atoms with Crippen LogP contribution in [0, 0.1) is 9.39 Å². The molecule has 0 saturated carbocycles. The summed E-state index contributed by atoms with van der Waals surface area (Å²) >= 11 is 2.17. The van der Waals surface area contributed by atoms with Gasteiger partial charge in [-0.05, 0) is 65.1 Å². The predicted octanol–water partition coefficient (Wildman–Crippen LogP) is 3.63. The first-order valence-corrected chi connectivity index (χ1v) is 7.88. The third-order valence-corrected chi connectivity index (χ3v) is 3.57. The SMILES string of the molecule is COC(=O)Nc1cc(NC(=O)COc2ccc(I)cc2)ccc1F. The number of nitrogens with one attached hydrogen (secondary N) is 2. The largest absolute Gasteiger partial charge is 0.484 e. The molecule has 2 amide bonds. The van der Waals surface area contributed by atoms with Crippen LogP contribution in [-0.2, 0) is 9.53 Å². The van der Waals surface area contributed by atoms with Crippen molar-refractivity contribution >= 4 is 46.0 Å². The minimum Gasteiger partial charge on any atom is -0.484 e. The summed E-state index contributed by atoms with van der Waals surface area (Å²) in [7, 11) is 1.17. The topological polar surface area (TPSA) is 76.7 Å². The number of carbonyl (C=O) groups is 2. The molecule has 2 rings (SSSR count). The van der Waals surface area contributed by atoms with Gasteiger partial charge in [0.2, 0.25) is 0 Å². The fourth-order valence-corrected chi connectivity index (χ4v) is 2.10. The van der Waals surface area contributed by atoms with Crippen LogP contribution in [0.4, 0.5) is 20.6 Å². The summed E-state index contributed by atoms with van der Waals surface area (Å²) in [5, 5.41) is 4.78. The average molecular weight is 444 g/mol. The summed E-state index contributed by atoms with van der Waals surface area (Å²) < 4.78 is 24.4. The van der Waals surface area contributed by atoms with Gasteiger partial charge in [-0.1, -0.05) is 0 Å². The molecule has 0 atom stereocenters. The Morgan fingerprint density at radius 2 is 1.83 bits per heavy atom. The lowest BCUT2D eigenvalue weighted by Crippen LogP contribution is -2.20. The van der Waals surface area contributed by atoms with Gasteiger partial charge in [-0.2, -0.15) is 0 Å². The molecule has 0 unspecified atom stereocenters. The van der Waals surface area contributed by atoms with Gasteiger partial charge >= 0.3 is 6.09 Å². The summed E-state index contributed by atoms with van der Waals surface area (Å²) in [6, 6.07) is 11.0. The van der Waals surface area contributed by atoms with Gasteiger partial charge in [0, 0.05) is 9.26 Å². The van der Waals surface area contributed by atoms with E-state index in [1.54, 1.807) is 12.1 Å². The van der Waals surface area contributed by atoms with E-state index in [1.807, 2.05) is 12.1 Å². The Balaban J connectivity index is 1.94. The fraction of sp³-hybridized carbons (Fsp3) is 0.125. The minimum atomic E-state index is -0.806. The minimum absolute atomic E-state index is 0.0989. The molecular formula is C16H14FIN2O4. The predicted molar refractivity (Wildman–Crippen MR) is 95.7 cm³/mol. The molecule has 0 aromatic heterocycles. The van der Waals surface area contributed by atoms with Crippen LogP contribution in [0.2, 0.25) is 0 Å². The number of rotatable bonds is 5. The van der Waals surface area contributed by atoms with Gasteiger partial charge in [-0.3, -0.25) is 10.1 Å². The van der Waals surface area contributed by atoms with Crippen LogP contribution in [0.5, 0.6) is 5.75 Å². The first kappa shape index (κ1) is 18.0. The first-order chi connectivity index (χ1) is 11.5. The Hall–Kier alpha value is -2.36. The number of carbonyl (C=O) groups excluding carboxylic acids is 2. The molecule has 2 N–H and O–H groups in total. The van der Waals surface area contributed by atoms with E-state index in [2.05, 4.69) is 38.0 Å². The normalized spacial score (nSPS) is 9.96. The molecule has 0 aliphatic heterocycles. The van der Waals surface area contributed by atoms with Crippen molar-refractivity contribution in [3.8, 4) is 5.75 Å². The van der Waals surface area contributed by atoms with Crippen molar-refractivity contribution in [3.05, 3.63) is 51.9 Å². The quantitative estimate of drug-likeness (QED) is 0.691. The number of anilines is 2. The molecule has 0 bridgehead atoms. The van der Waals surface area contributed by atoms with Gasteiger partial charge in [0.15, 0.2) is 6.61 Å². The van der Waals surface area contributed by atoms with Crippen LogP contribution in [0.15, 0.2) is 42.5 Å². The summed E-state index contributed by atoms with van der Waals surface area (Å²) in [6.07, 6.45) is -0.806. The van der Waals surface area contributed by atoms with Crippen molar-refractivity contribution in [3.63, 3.8) is 0 Å². The molecule has 2 aromatic carbocycles. The fourth-order valence-electron chi connectivity index (χ4n) is 1.74. The lowest BCUT2D eigenvalue weighted by Gasteiger charge is -2.10. The Morgan fingerprint density at radius 1 is 1.12 bits per heavy atom. The van der Waals surface area contributed by atoms with Crippen LogP contribution in [0.3, 0.4) is 0 Å². The number of halogens is 2. The van der Waals surface area contributed by atoms with Crippen molar-refractivity contribution in [2.45, 2.75) is 0 Å². The van der Waals surface area contributed by atoms with Crippen LogP contribution in [0.25, 0.3) is 0 Å². The zero-order chi connectivity index (χ0) is 17.5. The molecule has 0 spiro atoms. The number of hydrogen-bond donors (Lipinski definition) is 2. The van der Waals surface area contributed by atoms with Crippen molar-refractivity contribution in [2.75, 3.05) is 24.4 Å². The van der Waals surface area contributed by atoms with E-state index in [1.165, 1.54) is 19.2 Å². The van der Waals surface area contributed by atoms with Crippen molar-refractivity contribution < 1.29 is 23.5 Å². The van der Waals surface area contributed by atoms with Gasteiger partial charge in [0.1, 0.15) is 11.6 Å². The second-order valence-electron chi connectivity index (χ2n) is 4.60. The van der Waals surface area contributed by atoms with Gasteiger partial charge in [-0.25, -0.2) is 9.18 Å². The molecule has 0 aliphatic rings. The molecule has 2 aromatic rings. The maximum atomic E-state index is 13.6. The summed E-state index contributed by atoms with van der Waals surface area (Å²) in [4.78, 5) is 23.0. The highest BCUT2D eigenvalue weighted by Gasteiger charge is 2.10. The highest BCUT2D eigenvalue weighted by Crippen LogP contribution is 2.20. The molecule has 24 heavy (non-hydrogen) atoms. The number of methoxy groups -OCH3 is 1. The van der Waals surface area contributed by atoms with Crippen LogP contribution in [0.1, 0.15) is 0 Å². The zero-order valence-electron chi connectivity index (χ0n) is 12.6. The van der Waals surface area contributed by atoms with Gasteiger partial charge in [0.05, 0.1) is 12.8 Å². The van der Waals surface area contributed by atoms with Crippen LogP contribution in [-0.4, -0.2) is 25.7 Å². The van der Waals surface area contributed by atoms with Crippen molar-refractivity contribution in [2.24, 2.45) is 0 Å². The highest BCUT2D eigenvalue weighted by molar-refractivity contribution is 14.1. The van der Waals surface area contributed by atoms with Gasteiger partial charge in [0.25, 0.3) is 5.91 Å². The van der Waals surface area contributed by atoms with Crippen molar-refractivity contribution in [1.82, 2.24) is 0 Å². The number of benzene rings is 2. The average Bonchev–Trinajstić information content (AvgIpc) is 2.57. The maximum Gasteiger partial charge on any atom is 0.411 e. The second kappa shape index (κ2) is 8.48. The van der Waals surface area contributed by atoms with E-state index in [-0.39, 0.29) is 12.3 Å². The first-order valence-electron chi connectivity index (χ1n) is 6.80. The Bertz CT molecular complexity index is 737. The van der Waals surface area contributed by atoms with Crippen LogP contribution >= 0.6 is 22.6 Å². The summed E-state index contributed by atoms with van der Waals surface area (Å²) in [5.41, 5.74) is 0.220. The molecule has 8 heteroatoms. The smallest absolute Gasteiger partial charge is 0.411 e. The van der Waals surface area contributed by atoms with Gasteiger partial charge < -0.3 is 14.8 Å². The van der Waals surface area contributed by atoms with Crippen LogP contribution < -0.4 is 15.4 Å². The second-order valence-corrected chi connectivity index (χ2v) is 5.85. The molecule has 6 nitrogen and oxygen atoms in total. The number of hydrogen-bond acceptors (Lipinski definition) is 4. The molecular weight excluding hydrogens is 430 g/mol. The van der Waals surface area contributed by atoms with Gasteiger partial charge in [-0.15, -0.1) is 0 Å². The Kier molecular flexibility index (Phi) is 6.36. The molecule has 126 valence electrons. The molecule has 0 saturated heterocycles. The third kappa shape index (κ3) is 5.37. The van der Waals surface area contributed by atoms with E-state index in [0.29, 0.717) is 11.4 Å². The highest BCUT2D eigenvalue weighted by atomic mass is 127. The number of amides is 2. The summed E-state index contributed by atoms with van der Waals surface area (Å²) in [5.74, 6) is -0.490. The third-order valence-electron chi connectivity index (χ3n) is 2.86. The lowest BCUT2D eigenvalue weighted by atomic mass is 10.2.